The molecule has 35 heavy (non-hydrogen) atoms. The molecule has 2 amide bonds. The van der Waals surface area contributed by atoms with Gasteiger partial charge in [-0.3, -0.25) is 13.9 Å². The first kappa shape index (κ1) is 28.7. The number of benzene rings is 2. The minimum absolute atomic E-state index is 0.179. The molecule has 1 atom stereocenters. The zero-order valence-electron chi connectivity index (χ0n) is 21.6. The van der Waals surface area contributed by atoms with Gasteiger partial charge >= 0.3 is 0 Å². The monoisotopic (exact) mass is 521 g/mol. The SMILES string of the molecule is CCC(C(=O)NC(C)(C)C)N(Cc1ccccc1C)C(=O)CN(c1ccc(Cl)cc1C)S(C)(=O)=O. The number of carbonyl (C=O) groups excluding carboxylic acids is 2. The Morgan fingerprint density at radius 1 is 1.06 bits per heavy atom. The van der Waals surface area contributed by atoms with Crippen LogP contribution in [0.1, 0.15) is 50.8 Å². The highest BCUT2D eigenvalue weighted by molar-refractivity contribution is 7.92. The first-order valence-corrected chi connectivity index (χ1v) is 13.8. The van der Waals surface area contributed by atoms with E-state index in [2.05, 4.69) is 5.32 Å². The van der Waals surface area contributed by atoms with E-state index in [0.717, 1.165) is 21.7 Å². The summed E-state index contributed by atoms with van der Waals surface area (Å²) in [6.45, 7) is 10.9. The number of sulfonamides is 1. The molecule has 0 saturated heterocycles. The van der Waals surface area contributed by atoms with Gasteiger partial charge < -0.3 is 10.2 Å². The van der Waals surface area contributed by atoms with Crippen LogP contribution in [0.15, 0.2) is 42.5 Å². The fourth-order valence-electron chi connectivity index (χ4n) is 3.84. The van der Waals surface area contributed by atoms with Crippen molar-refractivity contribution in [2.75, 3.05) is 17.1 Å². The second-order valence-electron chi connectivity index (χ2n) is 9.81. The molecule has 7 nitrogen and oxygen atoms in total. The van der Waals surface area contributed by atoms with E-state index in [1.165, 1.54) is 4.90 Å². The number of hydrogen-bond donors (Lipinski definition) is 1. The Morgan fingerprint density at radius 2 is 1.69 bits per heavy atom. The number of rotatable bonds is 9. The minimum Gasteiger partial charge on any atom is -0.350 e. The molecule has 0 radical (unpaired) electrons. The Balaban J connectivity index is 2.51. The second kappa shape index (κ2) is 11.4. The zero-order chi connectivity index (χ0) is 26.6. The van der Waals surface area contributed by atoms with E-state index in [0.29, 0.717) is 22.7 Å². The van der Waals surface area contributed by atoms with Crippen LogP contribution in [-0.4, -0.2) is 49.5 Å². The Labute approximate surface area is 214 Å². The van der Waals surface area contributed by atoms with Crippen LogP contribution in [-0.2, 0) is 26.2 Å². The first-order chi connectivity index (χ1) is 16.1. The molecule has 0 spiro atoms. The number of hydrogen-bond acceptors (Lipinski definition) is 4. The van der Waals surface area contributed by atoms with E-state index < -0.39 is 34.1 Å². The van der Waals surface area contributed by atoms with Crippen LogP contribution < -0.4 is 9.62 Å². The quantitative estimate of drug-likeness (QED) is 0.528. The molecule has 0 saturated carbocycles. The molecule has 192 valence electrons. The topological polar surface area (TPSA) is 86.8 Å². The maximum absolute atomic E-state index is 13.8. The van der Waals surface area contributed by atoms with Crippen molar-refractivity contribution >= 4 is 39.1 Å². The van der Waals surface area contributed by atoms with E-state index >= 15 is 0 Å². The molecular formula is C26H36ClN3O4S. The summed E-state index contributed by atoms with van der Waals surface area (Å²) in [5, 5.41) is 3.43. The predicted octanol–water partition coefficient (Wildman–Crippen LogP) is 4.44. The molecule has 0 aliphatic carbocycles. The second-order valence-corrected chi connectivity index (χ2v) is 12.2. The van der Waals surface area contributed by atoms with Crippen LogP contribution in [0.25, 0.3) is 0 Å². The molecule has 0 bridgehead atoms. The summed E-state index contributed by atoms with van der Waals surface area (Å²) >= 11 is 6.06. The smallest absolute Gasteiger partial charge is 0.244 e. The average molecular weight is 522 g/mol. The Hall–Kier alpha value is -2.58. The van der Waals surface area contributed by atoms with Crippen molar-refractivity contribution < 1.29 is 18.0 Å². The number of nitrogens with zero attached hydrogens (tertiary/aromatic N) is 2. The molecule has 0 fully saturated rings. The van der Waals surface area contributed by atoms with Gasteiger partial charge in [0.05, 0.1) is 11.9 Å². The third kappa shape index (κ3) is 7.97. The van der Waals surface area contributed by atoms with E-state index in [1.807, 2.05) is 58.9 Å². The van der Waals surface area contributed by atoms with Crippen LogP contribution in [0.2, 0.25) is 5.02 Å². The molecule has 0 heterocycles. The van der Waals surface area contributed by atoms with Crippen molar-refractivity contribution in [3.8, 4) is 0 Å². The first-order valence-electron chi connectivity index (χ1n) is 11.5. The van der Waals surface area contributed by atoms with Gasteiger partial charge in [-0.05, 0) is 75.9 Å². The van der Waals surface area contributed by atoms with Gasteiger partial charge in [-0.1, -0.05) is 42.8 Å². The maximum atomic E-state index is 13.8. The number of aryl methyl sites for hydroxylation is 2. The normalized spacial score (nSPS) is 12.7. The van der Waals surface area contributed by atoms with Gasteiger partial charge in [0.25, 0.3) is 0 Å². The van der Waals surface area contributed by atoms with Gasteiger partial charge in [0.2, 0.25) is 21.8 Å². The summed E-state index contributed by atoms with van der Waals surface area (Å²) in [5.41, 5.74) is 2.37. The highest BCUT2D eigenvalue weighted by Gasteiger charge is 2.33. The van der Waals surface area contributed by atoms with Crippen LogP contribution in [0.3, 0.4) is 0 Å². The molecule has 2 aromatic carbocycles. The van der Waals surface area contributed by atoms with Crippen molar-refractivity contribution in [2.45, 2.75) is 66.1 Å². The number of carbonyl (C=O) groups is 2. The Kier molecular flexibility index (Phi) is 9.36. The fraction of sp³-hybridized carbons (Fsp3) is 0.462. The Morgan fingerprint density at radius 3 is 2.20 bits per heavy atom. The summed E-state index contributed by atoms with van der Waals surface area (Å²) in [6, 6.07) is 11.7. The van der Waals surface area contributed by atoms with E-state index in [9.17, 15) is 18.0 Å². The third-order valence-electron chi connectivity index (χ3n) is 5.59. The highest BCUT2D eigenvalue weighted by Crippen LogP contribution is 2.26. The molecule has 9 heteroatoms. The minimum atomic E-state index is -3.80. The third-order valence-corrected chi connectivity index (χ3v) is 6.95. The summed E-state index contributed by atoms with van der Waals surface area (Å²) in [6.07, 6.45) is 1.43. The predicted molar refractivity (Wildman–Crippen MR) is 142 cm³/mol. The standard InChI is InChI=1S/C26H36ClN3O4S/c1-8-22(25(32)28-26(4,5)6)29(16-20-12-10-9-11-18(20)2)24(31)17-30(35(7,33)34)23-14-13-21(27)15-19(23)3/h9-15,22H,8,16-17H2,1-7H3,(H,28,32). The lowest BCUT2D eigenvalue weighted by molar-refractivity contribution is -0.141. The maximum Gasteiger partial charge on any atom is 0.244 e. The molecular weight excluding hydrogens is 486 g/mol. The summed E-state index contributed by atoms with van der Waals surface area (Å²) < 4.78 is 26.6. The molecule has 1 N–H and O–H groups in total. The van der Waals surface area contributed by atoms with Gasteiger partial charge in [0.15, 0.2) is 0 Å². The van der Waals surface area contributed by atoms with Gasteiger partial charge in [-0.2, -0.15) is 0 Å². The van der Waals surface area contributed by atoms with Crippen LogP contribution in [0.5, 0.6) is 0 Å². The van der Waals surface area contributed by atoms with Crippen molar-refractivity contribution in [1.82, 2.24) is 10.2 Å². The van der Waals surface area contributed by atoms with E-state index in [1.54, 1.807) is 25.1 Å². The van der Waals surface area contributed by atoms with Crippen LogP contribution in [0.4, 0.5) is 5.69 Å². The number of nitrogens with one attached hydrogen (secondary N) is 1. The van der Waals surface area contributed by atoms with Gasteiger partial charge in [0.1, 0.15) is 12.6 Å². The van der Waals surface area contributed by atoms with Crippen molar-refractivity contribution in [2.24, 2.45) is 0 Å². The summed E-state index contributed by atoms with van der Waals surface area (Å²) in [4.78, 5) is 28.4. The van der Waals surface area contributed by atoms with Crippen molar-refractivity contribution in [3.63, 3.8) is 0 Å². The van der Waals surface area contributed by atoms with Crippen molar-refractivity contribution in [3.05, 3.63) is 64.2 Å². The van der Waals surface area contributed by atoms with Crippen LogP contribution in [0, 0.1) is 13.8 Å². The van der Waals surface area contributed by atoms with Crippen molar-refractivity contribution in [1.29, 1.82) is 0 Å². The number of halogens is 1. The summed E-state index contributed by atoms with van der Waals surface area (Å²) in [7, 11) is -3.80. The van der Waals surface area contributed by atoms with Gasteiger partial charge in [-0.15, -0.1) is 0 Å². The molecule has 0 aliphatic heterocycles. The van der Waals surface area contributed by atoms with Gasteiger partial charge in [0, 0.05) is 17.1 Å². The molecule has 0 aromatic heterocycles. The summed E-state index contributed by atoms with van der Waals surface area (Å²) in [5.74, 6) is -0.751. The fourth-order valence-corrected chi connectivity index (χ4v) is 4.97. The lowest BCUT2D eigenvalue weighted by Gasteiger charge is -2.35. The molecule has 2 aromatic rings. The zero-order valence-corrected chi connectivity index (χ0v) is 23.1. The lowest BCUT2D eigenvalue weighted by atomic mass is 10.0. The van der Waals surface area contributed by atoms with Gasteiger partial charge in [-0.25, -0.2) is 8.42 Å². The Bertz CT molecular complexity index is 1180. The molecule has 1 unspecified atom stereocenters. The molecule has 2 rings (SSSR count). The van der Waals surface area contributed by atoms with E-state index in [-0.39, 0.29) is 12.5 Å². The van der Waals surface area contributed by atoms with E-state index in [4.69, 9.17) is 11.6 Å². The van der Waals surface area contributed by atoms with Crippen LogP contribution >= 0.6 is 11.6 Å². The number of amides is 2. The largest absolute Gasteiger partial charge is 0.350 e. The number of anilines is 1. The molecule has 0 aliphatic rings. The average Bonchev–Trinajstić information content (AvgIpc) is 2.71. The highest BCUT2D eigenvalue weighted by atomic mass is 35.5. The lowest BCUT2D eigenvalue weighted by Crippen LogP contribution is -2.55.